The zero-order valence-corrected chi connectivity index (χ0v) is 11.8. The van der Waals surface area contributed by atoms with Crippen molar-refractivity contribution in [3.05, 3.63) is 69.3 Å². The van der Waals surface area contributed by atoms with Crippen LogP contribution in [-0.4, -0.2) is 10.8 Å². The first-order valence-corrected chi connectivity index (χ1v) is 6.43. The van der Waals surface area contributed by atoms with E-state index in [0.29, 0.717) is 5.56 Å². The Morgan fingerprint density at radius 2 is 1.83 bits per heavy atom. The second-order valence-corrected chi connectivity index (χ2v) is 4.76. The molecule has 0 bridgehead atoms. The second kappa shape index (κ2) is 6.07. The van der Waals surface area contributed by atoms with E-state index < -0.39 is 28.1 Å². The van der Waals surface area contributed by atoms with Gasteiger partial charge < -0.3 is 5.32 Å². The quantitative estimate of drug-likeness (QED) is 0.680. The molecule has 5 nitrogen and oxygen atoms in total. The lowest BCUT2D eigenvalue weighted by molar-refractivity contribution is -0.385. The van der Waals surface area contributed by atoms with Crippen LogP contribution in [0, 0.1) is 17.0 Å². The molecule has 1 N–H and O–H groups in total. The van der Waals surface area contributed by atoms with Gasteiger partial charge in [0.2, 0.25) is 0 Å². The lowest BCUT2D eigenvalue weighted by Gasteiger charge is -2.12. The van der Waals surface area contributed by atoms with Gasteiger partial charge >= 0.3 is 6.18 Å². The Hall–Kier alpha value is -2.90. The summed E-state index contributed by atoms with van der Waals surface area (Å²) >= 11 is 0. The van der Waals surface area contributed by atoms with Crippen molar-refractivity contribution in [2.75, 3.05) is 5.32 Å². The highest BCUT2D eigenvalue weighted by Crippen LogP contribution is 2.32. The molecule has 0 saturated heterocycles. The molecule has 0 aliphatic carbocycles. The SMILES string of the molecule is Cc1ccc(NC(=O)c2ccccc2C(F)(F)F)cc1[N+](=O)[O-]. The average molecular weight is 324 g/mol. The van der Waals surface area contributed by atoms with E-state index in [4.69, 9.17) is 0 Å². The van der Waals surface area contributed by atoms with Crippen LogP contribution in [0.5, 0.6) is 0 Å². The fourth-order valence-electron chi connectivity index (χ4n) is 2.01. The van der Waals surface area contributed by atoms with E-state index in [2.05, 4.69) is 5.32 Å². The number of hydrogen-bond acceptors (Lipinski definition) is 3. The number of rotatable bonds is 3. The number of nitro benzene ring substituents is 1. The molecule has 2 aromatic rings. The first-order valence-electron chi connectivity index (χ1n) is 6.43. The third kappa shape index (κ3) is 3.65. The van der Waals surface area contributed by atoms with Gasteiger partial charge in [0.1, 0.15) is 0 Å². The number of aryl methyl sites for hydroxylation is 1. The van der Waals surface area contributed by atoms with Gasteiger partial charge in [-0.3, -0.25) is 14.9 Å². The van der Waals surface area contributed by atoms with Crippen molar-refractivity contribution in [2.24, 2.45) is 0 Å². The number of hydrogen-bond donors (Lipinski definition) is 1. The van der Waals surface area contributed by atoms with E-state index >= 15 is 0 Å². The van der Waals surface area contributed by atoms with E-state index in [9.17, 15) is 28.1 Å². The maximum atomic E-state index is 12.9. The Balaban J connectivity index is 2.34. The van der Waals surface area contributed by atoms with Crippen LogP contribution in [0.2, 0.25) is 0 Å². The first-order chi connectivity index (χ1) is 10.7. The van der Waals surface area contributed by atoms with Gasteiger partial charge in [-0.05, 0) is 25.1 Å². The molecule has 0 aliphatic rings. The van der Waals surface area contributed by atoms with Crippen LogP contribution in [0.15, 0.2) is 42.5 Å². The zero-order valence-electron chi connectivity index (χ0n) is 11.8. The number of amides is 1. The molecular weight excluding hydrogens is 313 g/mol. The van der Waals surface area contributed by atoms with Crippen LogP contribution in [-0.2, 0) is 6.18 Å². The first kappa shape index (κ1) is 16.5. The Morgan fingerprint density at radius 1 is 1.17 bits per heavy atom. The van der Waals surface area contributed by atoms with Gasteiger partial charge in [-0.15, -0.1) is 0 Å². The predicted octanol–water partition coefficient (Wildman–Crippen LogP) is 4.17. The largest absolute Gasteiger partial charge is 0.417 e. The maximum Gasteiger partial charge on any atom is 0.417 e. The number of halogens is 3. The molecule has 0 spiro atoms. The summed E-state index contributed by atoms with van der Waals surface area (Å²) in [7, 11) is 0. The van der Waals surface area contributed by atoms with Crippen molar-refractivity contribution >= 4 is 17.3 Å². The molecule has 23 heavy (non-hydrogen) atoms. The number of alkyl halides is 3. The molecule has 0 atom stereocenters. The Morgan fingerprint density at radius 3 is 2.43 bits per heavy atom. The van der Waals surface area contributed by atoms with Gasteiger partial charge in [-0.1, -0.05) is 18.2 Å². The molecule has 8 heteroatoms. The van der Waals surface area contributed by atoms with Gasteiger partial charge in [0.15, 0.2) is 0 Å². The summed E-state index contributed by atoms with van der Waals surface area (Å²) in [5.74, 6) is -0.990. The summed E-state index contributed by atoms with van der Waals surface area (Å²) in [6, 6.07) is 8.22. The maximum absolute atomic E-state index is 12.9. The van der Waals surface area contributed by atoms with Crippen LogP contribution in [0.1, 0.15) is 21.5 Å². The monoisotopic (exact) mass is 324 g/mol. The topological polar surface area (TPSA) is 72.2 Å². The van der Waals surface area contributed by atoms with Crippen LogP contribution in [0.25, 0.3) is 0 Å². The number of anilines is 1. The Kier molecular flexibility index (Phi) is 4.35. The van der Waals surface area contributed by atoms with Crippen molar-refractivity contribution in [1.82, 2.24) is 0 Å². The minimum absolute atomic E-state index is 0.0456. The number of nitrogens with one attached hydrogen (secondary N) is 1. The molecule has 2 rings (SSSR count). The van der Waals surface area contributed by atoms with Gasteiger partial charge in [0.25, 0.3) is 11.6 Å². The highest BCUT2D eigenvalue weighted by atomic mass is 19.4. The third-order valence-corrected chi connectivity index (χ3v) is 3.14. The fraction of sp³-hybridized carbons (Fsp3) is 0.133. The standard InChI is InChI=1S/C15H11F3N2O3/c1-9-6-7-10(8-13(9)20(22)23)19-14(21)11-4-2-3-5-12(11)15(16,17)18/h2-8H,1H3,(H,19,21). The summed E-state index contributed by atoms with van der Waals surface area (Å²) in [6.45, 7) is 1.52. The van der Waals surface area contributed by atoms with E-state index in [1.165, 1.54) is 31.2 Å². The molecule has 0 heterocycles. The number of nitro groups is 1. The van der Waals surface area contributed by atoms with Crippen LogP contribution in [0.3, 0.4) is 0 Å². The minimum Gasteiger partial charge on any atom is -0.322 e. The average Bonchev–Trinajstić information content (AvgIpc) is 2.48. The molecule has 0 radical (unpaired) electrons. The Labute approximate surface area is 128 Å². The normalized spacial score (nSPS) is 11.1. The molecular formula is C15H11F3N2O3. The zero-order chi connectivity index (χ0) is 17.2. The van der Waals surface area contributed by atoms with Crippen molar-refractivity contribution < 1.29 is 22.9 Å². The number of nitrogens with zero attached hydrogens (tertiary/aromatic N) is 1. The highest BCUT2D eigenvalue weighted by molar-refractivity contribution is 6.05. The van der Waals surface area contributed by atoms with Gasteiger partial charge in [0, 0.05) is 17.3 Å². The summed E-state index contributed by atoms with van der Waals surface area (Å²) in [4.78, 5) is 22.3. The molecule has 2 aromatic carbocycles. The van der Waals surface area contributed by atoms with Crippen molar-refractivity contribution in [1.29, 1.82) is 0 Å². The summed E-state index contributed by atoms with van der Waals surface area (Å²) in [6.07, 6.45) is -4.67. The predicted molar refractivity (Wildman–Crippen MR) is 77.2 cm³/mol. The van der Waals surface area contributed by atoms with E-state index in [-0.39, 0.29) is 11.4 Å². The van der Waals surface area contributed by atoms with E-state index in [0.717, 1.165) is 18.2 Å². The summed E-state index contributed by atoms with van der Waals surface area (Å²) in [5.41, 5.74) is -1.43. The summed E-state index contributed by atoms with van der Waals surface area (Å²) < 4.78 is 38.7. The van der Waals surface area contributed by atoms with E-state index in [1.807, 2.05) is 0 Å². The van der Waals surface area contributed by atoms with Gasteiger partial charge in [0.05, 0.1) is 16.1 Å². The second-order valence-electron chi connectivity index (χ2n) is 4.76. The molecule has 120 valence electrons. The molecule has 0 unspecified atom stereocenters. The Bertz CT molecular complexity index is 773. The van der Waals surface area contributed by atoms with E-state index in [1.54, 1.807) is 0 Å². The lowest BCUT2D eigenvalue weighted by atomic mass is 10.1. The molecule has 0 fully saturated rings. The number of benzene rings is 2. The van der Waals surface area contributed by atoms with Crippen molar-refractivity contribution in [3.8, 4) is 0 Å². The third-order valence-electron chi connectivity index (χ3n) is 3.14. The van der Waals surface area contributed by atoms with Crippen LogP contribution in [0.4, 0.5) is 24.5 Å². The van der Waals surface area contributed by atoms with Gasteiger partial charge in [-0.2, -0.15) is 13.2 Å². The highest BCUT2D eigenvalue weighted by Gasteiger charge is 2.34. The lowest BCUT2D eigenvalue weighted by Crippen LogP contribution is -2.18. The molecule has 0 saturated carbocycles. The fourth-order valence-corrected chi connectivity index (χ4v) is 2.01. The number of carbonyl (C=O) groups excluding carboxylic acids is 1. The molecule has 1 amide bonds. The number of carbonyl (C=O) groups is 1. The smallest absolute Gasteiger partial charge is 0.322 e. The summed E-state index contributed by atoms with van der Waals surface area (Å²) in [5, 5.41) is 13.1. The molecule has 0 aliphatic heterocycles. The van der Waals surface area contributed by atoms with Crippen molar-refractivity contribution in [2.45, 2.75) is 13.1 Å². The van der Waals surface area contributed by atoms with Gasteiger partial charge in [-0.25, -0.2) is 0 Å². The molecule has 0 aromatic heterocycles. The van der Waals surface area contributed by atoms with Crippen LogP contribution < -0.4 is 5.32 Å². The van der Waals surface area contributed by atoms with Crippen LogP contribution >= 0.6 is 0 Å². The van der Waals surface area contributed by atoms with Crippen molar-refractivity contribution in [3.63, 3.8) is 0 Å². The minimum atomic E-state index is -4.67.